The van der Waals surface area contributed by atoms with Gasteiger partial charge >= 0.3 is 5.92 Å². The molecule has 15 heteroatoms. The highest BCUT2D eigenvalue weighted by Gasteiger charge is 2.59. The van der Waals surface area contributed by atoms with E-state index in [0.29, 0.717) is 15.9 Å². The van der Waals surface area contributed by atoms with E-state index in [2.05, 4.69) is 0 Å². The molecule has 0 bridgehead atoms. The molecular weight excluding hydrogens is 498 g/mol. The first kappa shape index (κ1) is 27.0. The molecule has 2 aliphatic rings. The molecule has 0 saturated carbocycles. The predicted octanol–water partition coefficient (Wildman–Crippen LogP) is 0.431. The number of nitrogens with one attached hydrogen (secondary N) is 1. The second-order valence-electron chi connectivity index (χ2n) is 8.89. The zero-order chi connectivity index (χ0) is 27.5. The number of hydrogen-bond acceptors (Lipinski definition) is 4. The summed E-state index contributed by atoms with van der Waals surface area (Å²) in [5.41, 5.74) is -2.24. The van der Waals surface area contributed by atoms with Crippen molar-refractivity contribution in [1.29, 1.82) is 0 Å². The van der Waals surface area contributed by atoms with Crippen molar-refractivity contribution in [3.05, 3.63) is 69.7 Å². The number of benzene rings is 2. The third kappa shape index (κ3) is 4.19. The highest BCUT2D eigenvalue weighted by Crippen LogP contribution is 2.49. The molecule has 2 heterocycles. The van der Waals surface area contributed by atoms with Gasteiger partial charge in [-0.1, -0.05) is 41.1 Å². The van der Waals surface area contributed by atoms with Crippen LogP contribution in [0, 0.1) is 0 Å². The maximum Gasteiger partial charge on any atom is 0.348 e. The molecular formula is C22H13B5ClF2N3O4. The predicted molar refractivity (Wildman–Crippen MR) is 133 cm³/mol. The fraction of sp³-hybridized carbons (Fsp3) is 0.273. The van der Waals surface area contributed by atoms with Gasteiger partial charge in [-0.05, 0) is 35.1 Å². The molecule has 2 aliphatic heterocycles. The molecule has 37 heavy (non-hydrogen) atoms. The number of alkyl halides is 2. The van der Waals surface area contributed by atoms with E-state index in [1.54, 1.807) is 0 Å². The number of carbonyl (C=O) groups excluding carboxylic acids is 4. The molecule has 1 unspecified atom stereocenters. The van der Waals surface area contributed by atoms with Crippen LogP contribution >= 0.6 is 11.6 Å². The van der Waals surface area contributed by atoms with Gasteiger partial charge < -0.3 is 9.71 Å². The van der Waals surface area contributed by atoms with Crippen LogP contribution in [0.1, 0.15) is 27.0 Å². The monoisotopic (exact) mass is 511 g/mol. The SMILES string of the molecule is [B]C1C(=O)NC(=O)[C@]([B])(N2Cc3cc(CN([B])C(=O)C(F)(F)c4ccc(Cl)cc4)ccc3C2=O)C1([B])[B]. The van der Waals surface area contributed by atoms with Crippen LogP contribution < -0.4 is 5.32 Å². The maximum atomic E-state index is 14.7. The quantitative estimate of drug-likeness (QED) is 0.467. The molecule has 1 N–H and O–H groups in total. The van der Waals surface area contributed by atoms with Crippen LogP contribution in [0.3, 0.4) is 0 Å². The van der Waals surface area contributed by atoms with Gasteiger partial charge in [-0.15, -0.1) is 0 Å². The molecule has 0 aliphatic carbocycles. The van der Waals surface area contributed by atoms with Crippen LogP contribution in [0.4, 0.5) is 8.78 Å². The van der Waals surface area contributed by atoms with Crippen molar-refractivity contribution in [2.45, 2.75) is 35.5 Å². The Morgan fingerprint density at radius 1 is 1.14 bits per heavy atom. The van der Waals surface area contributed by atoms with Crippen molar-refractivity contribution in [3.8, 4) is 0 Å². The number of halogens is 3. The third-order valence-electron chi connectivity index (χ3n) is 6.53. The minimum atomic E-state index is -3.93. The molecule has 2 aromatic carbocycles. The van der Waals surface area contributed by atoms with E-state index in [-0.39, 0.29) is 17.1 Å². The van der Waals surface area contributed by atoms with Crippen molar-refractivity contribution in [1.82, 2.24) is 15.0 Å². The van der Waals surface area contributed by atoms with E-state index in [4.69, 9.17) is 51.0 Å². The number of nitrogens with zero attached hydrogens (tertiary/aromatic N) is 2. The van der Waals surface area contributed by atoms with Gasteiger partial charge in [0.05, 0.1) is 29.0 Å². The Balaban J connectivity index is 1.56. The van der Waals surface area contributed by atoms with Crippen LogP contribution in [-0.2, 0) is 33.4 Å². The van der Waals surface area contributed by atoms with Crippen molar-refractivity contribution in [2.24, 2.45) is 0 Å². The molecule has 1 saturated heterocycles. The molecule has 10 radical (unpaired) electrons. The fourth-order valence-electron chi connectivity index (χ4n) is 4.28. The number of carbonyl (C=O) groups is 4. The third-order valence-corrected chi connectivity index (χ3v) is 6.78. The van der Waals surface area contributed by atoms with Crippen LogP contribution in [0.15, 0.2) is 42.5 Å². The normalized spacial score (nSPS) is 22.9. The van der Waals surface area contributed by atoms with E-state index in [0.717, 1.165) is 17.0 Å². The van der Waals surface area contributed by atoms with Crippen molar-refractivity contribution in [2.75, 3.05) is 0 Å². The van der Waals surface area contributed by atoms with Crippen LogP contribution in [-0.4, -0.2) is 78.1 Å². The second-order valence-corrected chi connectivity index (χ2v) is 9.33. The maximum absolute atomic E-state index is 14.7. The largest absolute Gasteiger partial charge is 0.387 e. The van der Waals surface area contributed by atoms with E-state index in [1.807, 2.05) is 5.32 Å². The van der Waals surface area contributed by atoms with Crippen LogP contribution in [0.5, 0.6) is 0 Å². The minimum Gasteiger partial charge on any atom is -0.387 e. The first-order valence-corrected chi connectivity index (χ1v) is 11.1. The summed E-state index contributed by atoms with van der Waals surface area (Å²) in [5.74, 6) is -10.00. The Bertz CT molecular complexity index is 1330. The van der Waals surface area contributed by atoms with Crippen molar-refractivity contribution >= 4 is 74.6 Å². The van der Waals surface area contributed by atoms with Gasteiger partial charge in [0.2, 0.25) is 19.8 Å². The number of hydrogen-bond donors (Lipinski definition) is 1. The van der Waals surface area contributed by atoms with Gasteiger partial charge in [0.15, 0.2) is 0 Å². The summed E-state index contributed by atoms with van der Waals surface area (Å²) in [6.07, 6.45) is 0. The van der Waals surface area contributed by atoms with E-state index < -0.39 is 58.1 Å². The summed E-state index contributed by atoms with van der Waals surface area (Å²) >= 11 is 5.72. The lowest BCUT2D eigenvalue weighted by molar-refractivity contribution is -0.154. The Kier molecular flexibility index (Phi) is 6.63. The van der Waals surface area contributed by atoms with Crippen molar-refractivity contribution in [3.63, 3.8) is 0 Å². The highest BCUT2D eigenvalue weighted by molar-refractivity contribution is 6.57. The zero-order valence-electron chi connectivity index (χ0n) is 19.1. The van der Waals surface area contributed by atoms with Crippen LogP contribution in [0.2, 0.25) is 16.1 Å². The topological polar surface area (TPSA) is 86.8 Å². The molecule has 0 aromatic heterocycles. The highest BCUT2D eigenvalue weighted by atomic mass is 35.5. The summed E-state index contributed by atoms with van der Waals surface area (Å²) in [4.78, 5) is 51.4. The number of imide groups is 1. The van der Waals surface area contributed by atoms with Gasteiger partial charge in [0.1, 0.15) is 7.85 Å². The molecule has 2 aromatic rings. The molecule has 4 rings (SSSR count). The lowest BCUT2D eigenvalue weighted by Crippen LogP contribution is -2.72. The van der Waals surface area contributed by atoms with E-state index >= 15 is 0 Å². The fourth-order valence-corrected chi connectivity index (χ4v) is 4.41. The Morgan fingerprint density at radius 2 is 1.76 bits per heavy atom. The Morgan fingerprint density at radius 3 is 2.38 bits per heavy atom. The molecule has 7 nitrogen and oxygen atoms in total. The number of piperidine rings is 1. The van der Waals surface area contributed by atoms with Gasteiger partial charge in [0.25, 0.3) is 11.8 Å². The number of rotatable bonds is 5. The molecule has 1 fully saturated rings. The molecule has 2 atom stereocenters. The lowest BCUT2D eigenvalue weighted by Gasteiger charge is -2.55. The summed E-state index contributed by atoms with van der Waals surface area (Å²) in [5, 5.41) is -0.139. The Hall–Kier alpha value is -3.01. The zero-order valence-corrected chi connectivity index (χ0v) is 19.8. The summed E-state index contributed by atoms with van der Waals surface area (Å²) < 4.78 is 29.4. The van der Waals surface area contributed by atoms with Gasteiger partial charge in [-0.25, -0.2) is 0 Å². The van der Waals surface area contributed by atoms with Gasteiger partial charge in [-0.3, -0.25) is 24.5 Å². The smallest absolute Gasteiger partial charge is 0.348 e. The number of fused-ring (bicyclic) bond motifs is 1. The molecule has 0 spiro atoms. The standard InChI is InChI=1S/C22H13B5ClF2N3O4/c23-15-16(34)31-18(36)22(26,21(15,24)25)32-9-11-7-10(1-6-14(11)17(32)35)8-33(27)19(37)20(29,30)12-2-4-13(28)5-3-12/h1-7,15H,8-9H2,(H,31,34,36)/t15?,22-/m0/s1. The summed E-state index contributed by atoms with van der Waals surface area (Å²) in [7, 11) is 29.6. The Labute approximate surface area is 222 Å². The summed E-state index contributed by atoms with van der Waals surface area (Å²) in [6, 6.07) is 8.66. The average molecular weight is 511 g/mol. The first-order valence-electron chi connectivity index (χ1n) is 10.7. The van der Waals surface area contributed by atoms with Crippen molar-refractivity contribution < 1.29 is 28.0 Å². The average Bonchev–Trinajstić information content (AvgIpc) is 3.17. The molecule has 4 amide bonds. The van der Waals surface area contributed by atoms with Crippen LogP contribution in [0.25, 0.3) is 0 Å². The minimum absolute atomic E-state index is 0.115. The molecule has 176 valence electrons. The van der Waals surface area contributed by atoms with Gasteiger partial charge in [-0.2, -0.15) is 8.78 Å². The lowest BCUT2D eigenvalue weighted by atomic mass is 9.31. The van der Waals surface area contributed by atoms with E-state index in [9.17, 15) is 28.0 Å². The number of amides is 4. The second kappa shape index (κ2) is 9.08. The summed E-state index contributed by atoms with van der Waals surface area (Å²) in [6.45, 7) is -0.711. The van der Waals surface area contributed by atoms with E-state index in [1.165, 1.54) is 30.3 Å². The van der Waals surface area contributed by atoms with Gasteiger partial charge in [0, 0.05) is 29.2 Å². The first-order chi connectivity index (χ1) is 17.1.